The van der Waals surface area contributed by atoms with Crippen molar-refractivity contribution in [1.29, 1.82) is 0 Å². The molecule has 0 atom stereocenters. The van der Waals surface area contributed by atoms with Crippen LogP contribution in [0.4, 0.5) is 5.69 Å². The van der Waals surface area contributed by atoms with Gasteiger partial charge in [-0.05, 0) is 23.0 Å². The molecule has 0 radical (unpaired) electrons. The summed E-state index contributed by atoms with van der Waals surface area (Å²) in [5, 5.41) is 3.85. The number of hydrogen-bond donors (Lipinski definition) is 0. The fraction of sp³-hybridized carbons (Fsp3) is 0.200. The summed E-state index contributed by atoms with van der Waals surface area (Å²) in [4.78, 5) is 0. The first-order valence-corrected chi connectivity index (χ1v) is 13.2. The highest BCUT2D eigenvalue weighted by Crippen LogP contribution is 2.51. The van der Waals surface area contributed by atoms with Crippen molar-refractivity contribution in [2.45, 2.75) is 39.5 Å². The summed E-state index contributed by atoms with van der Waals surface area (Å²) < 4.78 is 5.85. The van der Waals surface area contributed by atoms with Crippen LogP contribution >= 0.6 is 7.05 Å². The number of nitrogens with zero attached hydrogens (tertiary/aromatic N) is 1. The van der Waals surface area contributed by atoms with E-state index >= 15 is 0 Å². The van der Waals surface area contributed by atoms with Gasteiger partial charge in [0.2, 0.25) is 0 Å². The largest absolute Gasteiger partial charge is 0.253 e. The molecule has 0 saturated carbocycles. The lowest BCUT2D eigenvalue weighted by molar-refractivity contribution is 0.835. The molecule has 0 unspecified atom stereocenters. The van der Waals surface area contributed by atoms with Crippen LogP contribution in [-0.2, 0) is 0 Å². The molecule has 0 N–H and O–H groups in total. The minimum atomic E-state index is -2.28. The summed E-state index contributed by atoms with van der Waals surface area (Å²) in [6.45, 7) is 9.08. The van der Waals surface area contributed by atoms with Crippen LogP contribution in [0.15, 0.2) is 114 Å². The van der Waals surface area contributed by atoms with Gasteiger partial charge in [0.1, 0.15) is 0 Å². The van der Waals surface area contributed by atoms with Gasteiger partial charge in [-0.2, -0.15) is 0 Å². The third kappa shape index (κ3) is 4.23. The fourth-order valence-corrected chi connectivity index (χ4v) is 7.91. The smallest absolute Gasteiger partial charge is 0.0694 e. The molecule has 2 heteroatoms. The van der Waals surface area contributed by atoms with Crippen LogP contribution in [0.25, 0.3) is 0 Å². The van der Waals surface area contributed by atoms with Crippen molar-refractivity contribution >= 4 is 28.7 Å². The van der Waals surface area contributed by atoms with Crippen molar-refractivity contribution in [2.24, 2.45) is 4.74 Å². The van der Waals surface area contributed by atoms with Crippen LogP contribution in [-0.4, -0.2) is 0 Å². The van der Waals surface area contributed by atoms with E-state index < -0.39 is 7.05 Å². The molecule has 0 aliphatic heterocycles. The Bertz CT molecular complexity index is 1080. The maximum absolute atomic E-state index is 5.85. The second-order valence-corrected chi connectivity index (χ2v) is 11.9. The lowest BCUT2D eigenvalue weighted by Gasteiger charge is -2.29. The summed E-state index contributed by atoms with van der Waals surface area (Å²) in [6.07, 6.45) is 0. The molecule has 4 rings (SSSR count). The Morgan fingerprint density at radius 1 is 0.469 bits per heavy atom. The van der Waals surface area contributed by atoms with Gasteiger partial charge in [-0.25, -0.2) is 0 Å². The third-order valence-corrected chi connectivity index (χ3v) is 9.62. The zero-order chi connectivity index (χ0) is 22.6. The number of rotatable bonds is 6. The van der Waals surface area contributed by atoms with Gasteiger partial charge in [-0.1, -0.05) is 137 Å². The zero-order valence-corrected chi connectivity index (χ0v) is 20.3. The molecule has 0 amide bonds. The summed E-state index contributed by atoms with van der Waals surface area (Å²) >= 11 is 0. The van der Waals surface area contributed by atoms with Gasteiger partial charge in [0, 0.05) is 15.9 Å². The highest BCUT2D eigenvalue weighted by atomic mass is 31.2. The van der Waals surface area contributed by atoms with Gasteiger partial charge in [-0.15, -0.1) is 0 Å². The first-order valence-electron chi connectivity index (χ1n) is 11.5. The molecule has 4 aromatic rings. The van der Waals surface area contributed by atoms with Crippen LogP contribution in [0.1, 0.15) is 50.7 Å². The summed E-state index contributed by atoms with van der Waals surface area (Å²) in [5.74, 6) is 0.799. The summed E-state index contributed by atoms with van der Waals surface area (Å²) in [6, 6.07) is 39.4. The van der Waals surface area contributed by atoms with E-state index in [0.717, 1.165) is 0 Å². The van der Waals surface area contributed by atoms with E-state index in [9.17, 15) is 0 Å². The monoisotopic (exact) mass is 437 g/mol. The second kappa shape index (κ2) is 9.72. The Morgan fingerprint density at radius 3 is 1.12 bits per heavy atom. The Labute approximate surface area is 193 Å². The summed E-state index contributed by atoms with van der Waals surface area (Å²) in [7, 11) is -2.28. The van der Waals surface area contributed by atoms with E-state index in [4.69, 9.17) is 4.74 Å². The maximum Gasteiger partial charge on any atom is 0.0694 e. The van der Waals surface area contributed by atoms with Crippen LogP contribution in [0.2, 0.25) is 0 Å². The Balaban J connectivity index is 2.22. The van der Waals surface area contributed by atoms with E-state index in [-0.39, 0.29) is 0 Å². The van der Waals surface area contributed by atoms with Crippen LogP contribution in [0, 0.1) is 0 Å². The molecule has 0 aliphatic rings. The van der Waals surface area contributed by atoms with E-state index in [1.54, 1.807) is 0 Å². The van der Waals surface area contributed by atoms with Gasteiger partial charge < -0.3 is 0 Å². The minimum Gasteiger partial charge on any atom is -0.253 e. The predicted octanol–water partition coefficient (Wildman–Crippen LogP) is 7.74. The van der Waals surface area contributed by atoms with Gasteiger partial charge in [0.25, 0.3) is 0 Å². The first-order chi connectivity index (χ1) is 15.5. The lowest BCUT2D eigenvalue weighted by Crippen LogP contribution is -2.25. The van der Waals surface area contributed by atoms with Gasteiger partial charge in [-0.3, -0.25) is 4.74 Å². The van der Waals surface area contributed by atoms with Crippen molar-refractivity contribution in [3.63, 3.8) is 0 Å². The molecular weight excluding hydrogens is 405 g/mol. The van der Waals surface area contributed by atoms with E-state index in [1.807, 2.05) is 0 Å². The molecule has 0 aliphatic carbocycles. The van der Waals surface area contributed by atoms with Gasteiger partial charge in [0.05, 0.1) is 12.7 Å². The SMILES string of the molecule is CC(C)c1cccc(C(C)C)c1N=P(c1ccccc1)(c1ccccc1)c1ccccc1. The van der Waals surface area contributed by atoms with Crippen LogP contribution in [0.5, 0.6) is 0 Å². The van der Waals surface area contributed by atoms with Crippen molar-refractivity contribution in [3.8, 4) is 0 Å². The van der Waals surface area contributed by atoms with Gasteiger partial charge >= 0.3 is 0 Å². The lowest BCUT2D eigenvalue weighted by atomic mass is 9.93. The fourth-order valence-electron chi connectivity index (χ4n) is 4.33. The molecule has 0 heterocycles. The first kappa shape index (κ1) is 22.3. The number of benzene rings is 4. The molecule has 0 bridgehead atoms. The summed E-state index contributed by atoms with van der Waals surface area (Å²) in [5.41, 5.74) is 3.81. The average molecular weight is 438 g/mol. The quantitative estimate of drug-likeness (QED) is 0.274. The second-order valence-electron chi connectivity index (χ2n) is 8.84. The van der Waals surface area contributed by atoms with E-state index in [2.05, 4.69) is 137 Å². The Kier molecular flexibility index (Phi) is 6.77. The minimum absolute atomic E-state index is 0.400. The van der Waals surface area contributed by atoms with E-state index in [1.165, 1.54) is 32.7 Å². The molecule has 0 aromatic heterocycles. The molecule has 0 spiro atoms. The highest BCUT2D eigenvalue weighted by molar-refractivity contribution is 7.87. The maximum atomic E-state index is 5.85. The van der Waals surface area contributed by atoms with Gasteiger partial charge in [0.15, 0.2) is 0 Å². The normalized spacial score (nSPS) is 11.7. The molecule has 4 aromatic carbocycles. The molecule has 32 heavy (non-hydrogen) atoms. The van der Waals surface area contributed by atoms with Crippen molar-refractivity contribution in [1.82, 2.24) is 0 Å². The molecular formula is C30H32NP. The zero-order valence-electron chi connectivity index (χ0n) is 19.4. The highest BCUT2D eigenvalue weighted by Gasteiger charge is 2.28. The topological polar surface area (TPSA) is 12.4 Å². The molecule has 0 saturated heterocycles. The molecule has 162 valence electrons. The molecule has 0 fully saturated rings. The Morgan fingerprint density at radius 2 is 0.812 bits per heavy atom. The van der Waals surface area contributed by atoms with E-state index in [0.29, 0.717) is 11.8 Å². The van der Waals surface area contributed by atoms with Crippen molar-refractivity contribution in [2.75, 3.05) is 0 Å². The van der Waals surface area contributed by atoms with Crippen LogP contribution in [0.3, 0.4) is 0 Å². The molecule has 1 nitrogen and oxygen atoms in total. The van der Waals surface area contributed by atoms with Crippen molar-refractivity contribution < 1.29 is 0 Å². The average Bonchev–Trinajstić information content (AvgIpc) is 2.84. The predicted molar refractivity (Wildman–Crippen MR) is 142 cm³/mol. The number of hydrogen-bond acceptors (Lipinski definition) is 1. The van der Waals surface area contributed by atoms with Crippen molar-refractivity contribution in [3.05, 3.63) is 120 Å². The standard InChI is InChI=1S/C30H32NP/c1-23(2)28-21-14-22-29(24(3)4)30(28)31-32(25-15-8-5-9-16-25,26-17-10-6-11-18-26)27-19-12-7-13-20-27/h5-24H,1-4H3. The third-order valence-electron chi connectivity index (χ3n) is 5.98. The Hall–Kier alpha value is -2.89. The van der Waals surface area contributed by atoms with Crippen LogP contribution < -0.4 is 15.9 Å².